The number of hydrogen-bond acceptors (Lipinski definition) is 5. The molecule has 0 radical (unpaired) electrons. The van der Waals surface area contributed by atoms with Crippen LogP contribution in [0.3, 0.4) is 0 Å². The third-order valence-electron chi connectivity index (χ3n) is 6.38. The average molecular weight is 513 g/mol. The molecular weight excluding hydrogens is 480 g/mol. The minimum absolute atomic E-state index is 0.148. The van der Waals surface area contributed by atoms with Gasteiger partial charge in [0.2, 0.25) is 0 Å². The number of ether oxygens (including phenoxy) is 1. The lowest BCUT2D eigenvalue weighted by Crippen LogP contribution is -2.34. The Morgan fingerprint density at radius 1 is 0.921 bits per heavy atom. The van der Waals surface area contributed by atoms with E-state index in [0.29, 0.717) is 36.7 Å². The van der Waals surface area contributed by atoms with E-state index in [4.69, 9.17) is 14.4 Å². The minimum Gasteiger partial charge on any atom is -0.482 e. The quantitative estimate of drug-likeness (QED) is 0.245. The van der Waals surface area contributed by atoms with Crippen molar-refractivity contribution in [1.29, 1.82) is 0 Å². The lowest BCUT2D eigenvalue weighted by atomic mass is 9.88. The van der Waals surface area contributed by atoms with Gasteiger partial charge < -0.3 is 19.3 Å². The lowest BCUT2D eigenvalue weighted by Gasteiger charge is -2.25. The Bertz CT molecular complexity index is 1280. The molecule has 196 valence electrons. The summed E-state index contributed by atoms with van der Waals surface area (Å²) in [5, 5.41) is 12.8. The monoisotopic (exact) mass is 512 g/mol. The molecule has 1 aromatic heterocycles. The van der Waals surface area contributed by atoms with Gasteiger partial charge in [-0.25, -0.2) is 4.79 Å². The highest BCUT2D eigenvalue weighted by atomic mass is 16.5. The summed E-state index contributed by atoms with van der Waals surface area (Å²) < 4.78 is 10.5. The van der Waals surface area contributed by atoms with Gasteiger partial charge in [0.1, 0.15) is 11.5 Å². The van der Waals surface area contributed by atoms with Crippen LogP contribution in [0.1, 0.15) is 51.7 Å². The standard InChI is InChI=1S/C31H32N2O5/c1-23-20-29(32-38-23)31(36)33(18-9-11-24-10-8-16-27(21-24)37-22-30(34)35)19-17-28(25-12-4-2-5-13-25)26-14-6-3-7-15-26/h2-8,10,12-16,20-21,28H,9,11,17-19,22H2,1H3,(H,34,35). The number of amides is 1. The maximum atomic E-state index is 13.4. The van der Waals surface area contributed by atoms with Crippen molar-refractivity contribution in [3.05, 3.63) is 119 Å². The Hall–Kier alpha value is -4.39. The third kappa shape index (κ3) is 7.56. The fourth-order valence-corrected chi connectivity index (χ4v) is 4.54. The van der Waals surface area contributed by atoms with Crippen molar-refractivity contribution in [3.63, 3.8) is 0 Å². The van der Waals surface area contributed by atoms with Crippen molar-refractivity contribution >= 4 is 11.9 Å². The molecule has 1 N–H and O–H groups in total. The van der Waals surface area contributed by atoms with Gasteiger partial charge in [-0.1, -0.05) is 78.0 Å². The number of carboxylic acids is 1. The van der Waals surface area contributed by atoms with Crippen LogP contribution in [0.5, 0.6) is 5.75 Å². The number of aryl methyl sites for hydroxylation is 2. The molecule has 4 rings (SSSR count). The molecule has 4 aromatic rings. The van der Waals surface area contributed by atoms with E-state index in [-0.39, 0.29) is 18.4 Å². The Labute approximate surface area is 222 Å². The molecule has 7 nitrogen and oxygen atoms in total. The van der Waals surface area contributed by atoms with E-state index in [1.807, 2.05) is 59.5 Å². The van der Waals surface area contributed by atoms with Crippen molar-refractivity contribution in [2.45, 2.75) is 32.1 Å². The van der Waals surface area contributed by atoms with Gasteiger partial charge in [0.25, 0.3) is 5.91 Å². The molecular formula is C31H32N2O5. The van der Waals surface area contributed by atoms with Gasteiger partial charge in [0.05, 0.1) is 0 Å². The highest BCUT2D eigenvalue weighted by Gasteiger charge is 2.22. The fourth-order valence-electron chi connectivity index (χ4n) is 4.54. The second kappa shape index (κ2) is 13.2. The molecule has 0 saturated carbocycles. The summed E-state index contributed by atoms with van der Waals surface area (Å²) >= 11 is 0. The summed E-state index contributed by atoms with van der Waals surface area (Å²) in [5.74, 6) is 0.0921. The summed E-state index contributed by atoms with van der Waals surface area (Å²) in [6, 6.07) is 29.8. The van der Waals surface area contributed by atoms with E-state index < -0.39 is 5.97 Å². The number of aliphatic carboxylic acids is 1. The molecule has 0 aliphatic heterocycles. The number of carbonyl (C=O) groups excluding carboxylic acids is 1. The number of carboxylic acid groups (broad SMARTS) is 1. The third-order valence-corrected chi connectivity index (χ3v) is 6.38. The van der Waals surface area contributed by atoms with Crippen LogP contribution in [0.2, 0.25) is 0 Å². The summed E-state index contributed by atoms with van der Waals surface area (Å²) in [4.78, 5) is 26.1. The number of nitrogens with zero attached hydrogens (tertiary/aromatic N) is 2. The molecule has 0 saturated heterocycles. The highest BCUT2D eigenvalue weighted by Crippen LogP contribution is 2.28. The van der Waals surface area contributed by atoms with Crippen molar-refractivity contribution in [2.75, 3.05) is 19.7 Å². The molecule has 7 heteroatoms. The van der Waals surface area contributed by atoms with Crippen molar-refractivity contribution in [1.82, 2.24) is 10.1 Å². The van der Waals surface area contributed by atoms with Gasteiger partial charge in [-0.3, -0.25) is 4.79 Å². The molecule has 0 aliphatic carbocycles. The van der Waals surface area contributed by atoms with Crippen LogP contribution in [-0.4, -0.2) is 46.7 Å². The van der Waals surface area contributed by atoms with E-state index in [1.54, 1.807) is 19.1 Å². The Morgan fingerprint density at radius 2 is 1.61 bits per heavy atom. The number of aromatic nitrogens is 1. The van der Waals surface area contributed by atoms with Crippen LogP contribution < -0.4 is 4.74 Å². The summed E-state index contributed by atoms with van der Waals surface area (Å²) in [6.07, 6.45) is 2.20. The number of carbonyl (C=O) groups is 2. The molecule has 3 aromatic carbocycles. The molecule has 38 heavy (non-hydrogen) atoms. The Kier molecular flexibility index (Phi) is 9.29. The summed E-state index contributed by atoms with van der Waals surface area (Å²) in [6.45, 7) is 2.49. The summed E-state index contributed by atoms with van der Waals surface area (Å²) in [5.41, 5.74) is 3.75. The fraction of sp³-hybridized carbons (Fsp3) is 0.258. The smallest absolute Gasteiger partial charge is 0.341 e. The van der Waals surface area contributed by atoms with Crippen LogP contribution in [0.4, 0.5) is 0 Å². The van der Waals surface area contributed by atoms with Crippen LogP contribution in [-0.2, 0) is 11.2 Å². The van der Waals surface area contributed by atoms with Crippen molar-refractivity contribution < 1.29 is 24.0 Å². The van der Waals surface area contributed by atoms with Gasteiger partial charge >= 0.3 is 5.97 Å². The highest BCUT2D eigenvalue weighted by molar-refractivity contribution is 5.92. The molecule has 1 amide bonds. The molecule has 0 fully saturated rings. The number of hydrogen-bond donors (Lipinski definition) is 1. The zero-order chi connectivity index (χ0) is 26.7. The molecule has 0 spiro atoms. The first-order valence-electron chi connectivity index (χ1n) is 12.8. The van der Waals surface area contributed by atoms with Gasteiger partial charge in [-0.15, -0.1) is 0 Å². The Morgan fingerprint density at radius 3 is 2.21 bits per heavy atom. The van der Waals surface area contributed by atoms with Gasteiger partial charge in [-0.2, -0.15) is 0 Å². The van der Waals surface area contributed by atoms with Crippen LogP contribution in [0.25, 0.3) is 0 Å². The SMILES string of the molecule is Cc1cc(C(=O)N(CCCc2cccc(OCC(=O)O)c2)CCC(c2ccccc2)c2ccccc2)no1. The van der Waals surface area contributed by atoms with Crippen molar-refractivity contribution in [2.24, 2.45) is 0 Å². The number of rotatable bonds is 13. The van der Waals surface area contributed by atoms with E-state index in [0.717, 1.165) is 18.4 Å². The summed E-state index contributed by atoms with van der Waals surface area (Å²) in [7, 11) is 0. The van der Waals surface area contributed by atoms with Crippen LogP contribution in [0, 0.1) is 6.92 Å². The molecule has 0 unspecified atom stereocenters. The molecule has 0 bridgehead atoms. The molecule has 0 atom stereocenters. The molecule has 0 aliphatic rings. The Balaban J connectivity index is 1.47. The van der Waals surface area contributed by atoms with E-state index >= 15 is 0 Å². The largest absolute Gasteiger partial charge is 0.482 e. The molecule has 1 heterocycles. The first-order chi connectivity index (χ1) is 18.5. The lowest BCUT2D eigenvalue weighted by molar-refractivity contribution is -0.139. The second-order valence-electron chi connectivity index (χ2n) is 9.21. The zero-order valence-corrected chi connectivity index (χ0v) is 21.5. The normalized spacial score (nSPS) is 10.9. The minimum atomic E-state index is -1.02. The van der Waals surface area contributed by atoms with E-state index in [9.17, 15) is 9.59 Å². The van der Waals surface area contributed by atoms with Gasteiger partial charge in [0.15, 0.2) is 12.3 Å². The van der Waals surface area contributed by atoms with E-state index in [2.05, 4.69) is 29.4 Å². The van der Waals surface area contributed by atoms with Crippen LogP contribution in [0.15, 0.2) is 95.5 Å². The van der Waals surface area contributed by atoms with E-state index in [1.165, 1.54) is 11.1 Å². The maximum absolute atomic E-state index is 13.4. The average Bonchev–Trinajstić information content (AvgIpc) is 3.38. The predicted molar refractivity (Wildman–Crippen MR) is 144 cm³/mol. The first-order valence-corrected chi connectivity index (χ1v) is 12.8. The number of benzene rings is 3. The van der Waals surface area contributed by atoms with Crippen LogP contribution >= 0.6 is 0 Å². The first kappa shape index (κ1) is 26.7. The maximum Gasteiger partial charge on any atom is 0.341 e. The van der Waals surface area contributed by atoms with Gasteiger partial charge in [-0.05, 0) is 55.0 Å². The zero-order valence-electron chi connectivity index (χ0n) is 21.5. The predicted octanol–water partition coefficient (Wildman–Crippen LogP) is 5.74. The second-order valence-corrected chi connectivity index (χ2v) is 9.21. The topological polar surface area (TPSA) is 92.9 Å². The van der Waals surface area contributed by atoms with Gasteiger partial charge in [0, 0.05) is 25.1 Å². The van der Waals surface area contributed by atoms with Crippen molar-refractivity contribution in [3.8, 4) is 5.75 Å².